The summed E-state index contributed by atoms with van der Waals surface area (Å²) in [5.74, 6) is 0.391. The molecule has 18 heteroatoms. The Bertz CT molecular complexity index is 3760. The van der Waals surface area contributed by atoms with Crippen molar-refractivity contribution in [3.63, 3.8) is 0 Å². The predicted octanol–water partition coefficient (Wildman–Crippen LogP) is 14.3. The van der Waals surface area contributed by atoms with Crippen molar-refractivity contribution in [1.29, 1.82) is 0 Å². The van der Waals surface area contributed by atoms with Crippen molar-refractivity contribution < 1.29 is 40.5 Å². The van der Waals surface area contributed by atoms with Crippen molar-refractivity contribution in [2.45, 2.75) is 18.2 Å². The van der Waals surface area contributed by atoms with Crippen LogP contribution in [0.1, 0.15) is 13.3 Å². The zero-order chi connectivity index (χ0) is 48.1. The number of anilines is 2. The summed E-state index contributed by atoms with van der Waals surface area (Å²) in [5, 5.41) is 46.9. The van der Waals surface area contributed by atoms with Gasteiger partial charge in [-0.2, -0.15) is 21.9 Å². The van der Waals surface area contributed by atoms with Gasteiger partial charge in [0.2, 0.25) is 0 Å². The van der Waals surface area contributed by atoms with Gasteiger partial charge in [-0.05, 0) is 103 Å². The van der Waals surface area contributed by atoms with Crippen LogP contribution in [0.5, 0.6) is 17.2 Å². The fourth-order valence-electron chi connectivity index (χ4n) is 7.71. The summed E-state index contributed by atoms with van der Waals surface area (Å²) in [6.45, 7) is 2.20. The Morgan fingerprint density at radius 3 is 1.97 bits per heavy atom. The van der Waals surface area contributed by atoms with Crippen molar-refractivity contribution >= 4 is 109 Å². The van der Waals surface area contributed by atoms with E-state index in [1.165, 1.54) is 18.2 Å². The Morgan fingerprint density at radius 2 is 1.19 bits per heavy atom. The number of fused-ring (bicyclic) bond motifs is 4. The van der Waals surface area contributed by atoms with Crippen LogP contribution in [0.3, 0.4) is 0 Å². The Labute approximate surface area is 395 Å². The minimum absolute atomic E-state index is 0.0813. The molecule has 0 spiro atoms. The monoisotopic (exact) mass is 959 g/mol. The Hall–Kier alpha value is -8.16. The maximum atomic E-state index is 12.3. The van der Waals surface area contributed by atoms with Crippen LogP contribution in [0.2, 0.25) is 0 Å². The van der Waals surface area contributed by atoms with Crippen LogP contribution in [0.25, 0.3) is 43.1 Å². The zero-order valence-corrected chi connectivity index (χ0v) is 38.3. The molecule has 0 bridgehead atoms. The molecule has 0 amide bonds. The van der Waals surface area contributed by atoms with E-state index in [0.29, 0.717) is 55.8 Å². The Kier molecular flexibility index (Phi) is 13.1. The lowest BCUT2D eigenvalue weighted by Crippen LogP contribution is -2.08. The first-order valence-corrected chi connectivity index (χ1v) is 24.5. The first-order valence-electron chi connectivity index (χ1n) is 21.5. The lowest BCUT2D eigenvalue weighted by molar-refractivity contribution is 0.319. The highest BCUT2D eigenvalue weighted by Crippen LogP contribution is 2.45. The molecule has 346 valence electrons. The summed E-state index contributed by atoms with van der Waals surface area (Å²) >= 11 is 0. The molecule has 0 aliphatic carbocycles. The zero-order valence-electron chi connectivity index (χ0n) is 36.6. The quantitative estimate of drug-likeness (QED) is 0.0406. The van der Waals surface area contributed by atoms with E-state index in [9.17, 15) is 26.5 Å². The molecular weight excluding hydrogens is 919 g/mol. The highest BCUT2D eigenvalue weighted by atomic mass is 32.2. The smallest absolute Gasteiger partial charge is 0.294 e. The topological polar surface area (TPSA) is 234 Å². The third kappa shape index (κ3) is 10.5. The number of hydrogen-bond donors (Lipinski definition) is 4. The van der Waals surface area contributed by atoms with Gasteiger partial charge in [-0.25, -0.2) is 0 Å². The fourth-order valence-corrected chi connectivity index (χ4v) is 8.70. The van der Waals surface area contributed by atoms with Gasteiger partial charge in [0.05, 0.1) is 46.6 Å². The number of azo groups is 3. The van der Waals surface area contributed by atoms with Crippen LogP contribution in [0.4, 0.5) is 45.5 Å². The molecule has 16 nitrogen and oxygen atoms in total. The molecular formula is C51H41N7O9S2. The molecule has 69 heavy (non-hydrogen) atoms. The number of ether oxygens (including phenoxy) is 2. The average Bonchev–Trinajstić information content (AvgIpc) is 3.34. The van der Waals surface area contributed by atoms with E-state index in [1.54, 1.807) is 36.4 Å². The largest absolute Gasteiger partial charge is 0.505 e. The molecule has 9 aromatic rings. The number of para-hydroxylation sites is 1. The molecule has 9 aromatic carbocycles. The number of phenols is 1. The first-order chi connectivity index (χ1) is 33.3. The van der Waals surface area contributed by atoms with E-state index in [1.807, 2.05) is 110 Å². The lowest BCUT2D eigenvalue weighted by Gasteiger charge is -2.12. The Morgan fingerprint density at radius 1 is 0.507 bits per heavy atom. The summed E-state index contributed by atoms with van der Waals surface area (Å²) in [7, 11) is -8.72. The third-order valence-electron chi connectivity index (χ3n) is 11.0. The van der Waals surface area contributed by atoms with E-state index >= 15 is 0 Å². The van der Waals surface area contributed by atoms with E-state index in [0.717, 1.165) is 27.5 Å². The average molecular weight is 960 g/mol. The maximum absolute atomic E-state index is 12.3. The van der Waals surface area contributed by atoms with Gasteiger partial charge in [0.1, 0.15) is 22.9 Å². The van der Waals surface area contributed by atoms with Crippen LogP contribution in [0, 0.1) is 0 Å². The summed E-state index contributed by atoms with van der Waals surface area (Å²) in [5.41, 5.74) is 3.91. The highest BCUT2D eigenvalue weighted by Gasteiger charge is 2.17. The number of rotatable bonds is 16. The highest BCUT2D eigenvalue weighted by molar-refractivity contribution is 7.86. The molecule has 0 aromatic heterocycles. The molecule has 9 rings (SSSR count). The van der Waals surface area contributed by atoms with Gasteiger partial charge < -0.3 is 19.9 Å². The second-order valence-corrected chi connectivity index (χ2v) is 18.6. The van der Waals surface area contributed by atoms with Gasteiger partial charge in [0, 0.05) is 49.8 Å². The molecule has 0 saturated carbocycles. The van der Waals surface area contributed by atoms with Crippen molar-refractivity contribution in [1.82, 2.24) is 0 Å². The SMILES string of the molecule is CCOc1cc(N=Nc2ccc3cccc(OCCCS(=O)(=O)O)c3c2)c2ccccc2c1N=Nc1ccc(N=Nc2ccc3cc(Nc4ccccc4)ccc3c2O)c2cc(S(=O)(=O)O)ccc12. The van der Waals surface area contributed by atoms with Gasteiger partial charge in [0.15, 0.2) is 5.75 Å². The second kappa shape index (κ2) is 19.6. The van der Waals surface area contributed by atoms with Crippen molar-refractivity contribution in [3.8, 4) is 17.2 Å². The third-order valence-corrected chi connectivity index (χ3v) is 12.6. The summed E-state index contributed by atoms with van der Waals surface area (Å²) < 4.78 is 78.1. The standard InChI is InChI=1S/C51H41N7O9S2/c1-2-66-49-31-47(57-53-36-18-16-32-10-8-15-48(42(32)29-36)67-26-9-27-68(60,61)62)39-13-6-7-14-41(39)50(49)58-55-44-24-25-45(43-30-37(69(63,64)65)20-22-40(43)44)54-56-46-23-17-33-28-35(19-21-38(33)51(46)59)52-34-11-4-3-5-12-34/h3-8,10-25,28-31,52,59H,2,9,26-27H2,1H3,(H,60,61,62)(H,63,64,65). The van der Waals surface area contributed by atoms with Crippen LogP contribution in [-0.2, 0) is 20.2 Å². The minimum Gasteiger partial charge on any atom is -0.505 e. The number of nitrogens with one attached hydrogen (secondary N) is 1. The molecule has 0 saturated heterocycles. The van der Waals surface area contributed by atoms with Crippen molar-refractivity contribution in [3.05, 3.63) is 158 Å². The molecule has 0 aliphatic rings. The minimum atomic E-state index is -4.62. The van der Waals surface area contributed by atoms with Gasteiger partial charge in [-0.15, -0.1) is 25.6 Å². The van der Waals surface area contributed by atoms with Crippen molar-refractivity contribution in [2.75, 3.05) is 24.3 Å². The summed E-state index contributed by atoms with van der Waals surface area (Å²) in [6, 6.07) is 46.1. The van der Waals surface area contributed by atoms with Gasteiger partial charge in [-0.3, -0.25) is 9.11 Å². The molecule has 0 aliphatic heterocycles. The molecule has 0 radical (unpaired) electrons. The van der Waals surface area contributed by atoms with Crippen LogP contribution < -0.4 is 14.8 Å². The maximum Gasteiger partial charge on any atom is 0.294 e. The summed E-state index contributed by atoms with van der Waals surface area (Å²) in [4.78, 5) is -0.366. The predicted molar refractivity (Wildman–Crippen MR) is 267 cm³/mol. The normalized spacial score (nSPS) is 12.3. The van der Waals surface area contributed by atoms with Crippen LogP contribution in [-0.4, -0.2) is 50.0 Å². The number of benzene rings is 9. The number of hydrogen-bond acceptors (Lipinski definition) is 14. The van der Waals surface area contributed by atoms with E-state index < -0.39 is 26.0 Å². The first kappa shape index (κ1) is 46.0. The van der Waals surface area contributed by atoms with Gasteiger partial charge in [0.25, 0.3) is 20.2 Å². The van der Waals surface area contributed by atoms with Gasteiger partial charge in [-0.1, -0.05) is 72.8 Å². The van der Waals surface area contributed by atoms with E-state index in [2.05, 4.69) is 30.9 Å². The molecule has 4 N–H and O–H groups in total. The van der Waals surface area contributed by atoms with Crippen molar-refractivity contribution in [2.24, 2.45) is 30.7 Å². The lowest BCUT2D eigenvalue weighted by atomic mass is 10.1. The van der Waals surface area contributed by atoms with Crippen LogP contribution >= 0.6 is 0 Å². The van der Waals surface area contributed by atoms with Crippen LogP contribution in [0.15, 0.2) is 193 Å². The Balaban J connectivity index is 1.03. The number of aromatic hydroxyl groups is 1. The number of phenolic OH excluding ortho intramolecular Hbond substituents is 1. The molecule has 0 fully saturated rings. The summed E-state index contributed by atoms with van der Waals surface area (Å²) in [6.07, 6.45) is 0.114. The van der Waals surface area contributed by atoms with E-state index in [4.69, 9.17) is 19.1 Å². The molecule has 0 atom stereocenters. The fraction of sp³-hybridized carbons (Fsp3) is 0.0980. The number of nitrogens with zero attached hydrogens (tertiary/aromatic N) is 6. The second-order valence-electron chi connectivity index (χ2n) is 15.6. The van der Waals surface area contributed by atoms with E-state index in [-0.39, 0.29) is 47.0 Å². The van der Waals surface area contributed by atoms with Gasteiger partial charge >= 0.3 is 0 Å². The molecule has 0 unspecified atom stereocenters. The molecule has 0 heterocycles.